The summed E-state index contributed by atoms with van der Waals surface area (Å²) < 4.78 is 0. The largest absolute Gasteiger partial charge is 0.475 e. The number of rotatable bonds is 8. The molecule has 1 amide bonds. The number of nitrogens with one attached hydrogen (secondary N) is 1. The van der Waals surface area contributed by atoms with E-state index in [1.54, 1.807) is 6.07 Å². The minimum Gasteiger partial charge on any atom is -0.475 e. The average molecular weight is 429 g/mol. The molecule has 1 atom stereocenters. The Morgan fingerprint density at radius 2 is 1.53 bits per heavy atom. The predicted octanol–water partition coefficient (Wildman–Crippen LogP) is 4.21. The zero-order valence-electron chi connectivity index (χ0n) is 17.4. The van der Waals surface area contributed by atoms with Crippen molar-refractivity contribution in [3.8, 4) is 0 Å². The highest BCUT2D eigenvalue weighted by Crippen LogP contribution is 2.37. The zero-order valence-corrected chi connectivity index (χ0v) is 17.4. The van der Waals surface area contributed by atoms with Gasteiger partial charge in [-0.25, -0.2) is 10.3 Å². The Hall–Kier alpha value is -3.77. The van der Waals surface area contributed by atoms with Crippen molar-refractivity contribution in [1.82, 2.24) is 5.48 Å². The van der Waals surface area contributed by atoms with E-state index in [0.717, 1.165) is 22.3 Å². The Morgan fingerprint density at radius 1 is 0.906 bits per heavy atom. The maximum Gasteiger partial charge on any atom is 0.377 e. The summed E-state index contributed by atoms with van der Waals surface area (Å²) in [7, 11) is 0. The summed E-state index contributed by atoms with van der Waals surface area (Å²) >= 11 is 0. The molecule has 0 fully saturated rings. The molecule has 0 spiro atoms. The molecule has 0 saturated carbocycles. The summed E-state index contributed by atoms with van der Waals surface area (Å²) in [6, 6.07) is 24.3. The van der Waals surface area contributed by atoms with Gasteiger partial charge in [-0.15, -0.1) is 0 Å². The zero-order chi connectivity index (χ0) is 22.5. The highest BCUT2D eigenvalue weighted by Gasteiger charge is 2.30. The number of carboxylic acids is 1. The van der Waals surface area contributed by atoms with Gasteiger partial charge in [-0.1, -0.05) is 78.9 Å². The van der Waals surface area contributed by atoms with Crippen molar-refractivity contribution in [2.24, 2.45) is 0 Å². The molecule has 0 bridgehead atoms. The molecule has 162 valence electrons. The summed E-state index contributed by atoms with van der Waals surface area (Å²) in [6.07, 6.45) is 0.985. The van der Waals surface area contributed by atoms with Crippen molar-refractivity contribution >= 4 is 17.7 Å². The van der Waals surface area contributed by atoms with Crippen molar-refractivity contribution in [3.63, 3.8) is 0 Å². The minimum absolute atomic E-state index is 0.0953. The van der Waals surface area contributed by atoms with Crippen molar-refractivity contribution in [1.29, 1.82) is 0 Å². The fraction of sp³-hybridized carbons (Fsp3) is 0.192. The Morgan fingerprint density at radius 3 is 2.12 bits per heavy atom. The SMILES string of the molecule is O=C(CC1CCc2c(C(=O)C(=O)O)cccc21)NOC(c1ccccc1)c1ccccc1. The summed E-state index contributed by atoms with van der Waals surface area (Å²) in [4.78, 5) is 41.6. The summed E-state index contributed by atoms with van der Waals surface area (Å²) in [5, 5.41) is 9.06. The number of carboxylic acid groups (broad SMARTS) is 1. The molecule has 0 saturated heterocycles. The minimum atomic E-state index is -1.47. The Bertz CT molecular complexity index is 1090. The first kappa shape index (κ1) is 21.5. The van der Waals surface area contributed by atoms with Gasteiger partial charge in [-0.2, -0.15) is 0 Å². The van der Waals surface area contributed by atoms with Crippen LogP contribution < -0.4 is 5.48 Å². The van der Waals surface area contributed by atoms with Crippen LogP contribution in [0.4, 0.5) is 0 Å². The molecule has 6 nitrogen and oxygen atoms in total. The lowest BCUT2D eigenvalue weighted by molar-refractivity contribution is -0.137. The number of hydroxylamine groups is 1. The Balaban J connectivity index is 1.45. The van der Waals surface area contributed by atoms with Crippen LogP contribution in [0.3, 0.4) is 0 Å². The highest BCUT2D eigenvalue weighted by atomic mass is 16.7. The van der Waals surface area contributed by atoms with Crippen LogP contribution in [0.1, 0.15) is 57.5 Å². The topological polar surface area (TPSA) is 92.7 Å². The molecule has 3 aromatic carbocycles. The first-order valence-corrected chi connectivity index (χ1v) is 10.5. The van der Waals surface area contributed by atoms with Crippen LogP contribution in [-0.2, 0) is 20.8 Å². The molecule has 0 aromatic heterocycles. The summed E-state index contributed by atoms with van der Waals surface area (Å²) in [5.74, 6) is -2.75. The molecule has 0 radical (unpaired) electrons. The molecule has 0 heterocycles. The van der Waals surface area contributed by atoms with Crippen molar-refractivity contribution in [2.45, 2.75) is 31.3 Å². The second-order valence-corrected chi connectivity index (χ2v) is 7.79. The van der Waals surface area contributed by atoms with Crippen LogP contribution in [0.15, 0.2) is 78.9 Å². The average Bonchev–Trinajstić information content (AvgIpc) is 3.23. The third-order valence-electron chi connectivity index (χ3n) is 5.76. The van der Waals surface area contributed by atoms with Gasteiger partial charge < -0.3 is 5.11 Å². The van der Waals surface area contributed by atoms with Crippen molar-refractivity contribution < 1.29 is 24.3 Å². The van der Waals surface area contributed by atoms with Gasteiger partial charge in [0.15, 0.2) is 0 Å². The monoisotopic (exact) mass is 429 g/mol. The van der Waals surface area contributed by atoms with E-state index in [1.807, 2.05) is 66.7 Å². The van der Waals surface area contributed by atoms with Crippen molar-refractivity contribution in [2.75, 3.05) is 0 Å². The molecule has 32 heavy (non-hydrogen) atoms. The summed E-state index contributed by atoms with van der Waals surface area (Å²) in [6.45, 7) is 0. The van der Waals surface area contributed by atoms with E-state index in [9.17, 15) is 14.4 Å². The normalized spacial score (nSPS) is 14.7. The van der Waals surface area contributed by atoms with Gasteiger partial charge in [0.25, 0.3) is 5.78 Å². The van der Waals surface area contributed by atoms with Gasteiger partial charge >= 0.3 is 5.97 Å². The fourth-order valence-electron chi connectivity index (χ4n) is 4.25. The van der Waals surface area contributed by atoms with Crippen LogP contribution in [0, 0.1) is 0 Å². The smallest absolute Gasteiger partial charge is 0.377 e. The van der Waals surface area contributed by atoms with Gasteiger partial charge in [0.2, 0.25) is 5.91 Å². The van der Waals surface area contributed by atoms with E-state index < -0.39 is 17.9 Å². The maximum atomic E-state index is 12.7. The van der Waals surface area contributed by atoms with E-state index in [2.05, 4.69) is 5.48 Å². The number of carbonyl (C=O) groups is 3. The van der Waals surface area contributed by atoms with Crippen LogP contribution in [0.25, 0.3) is 0 Å². The number of hydrogen-bond donors (Lipinski definition) is 2. The molecular formula is C26H23NO5. The van der Waals surface area contributed by atoms with Crippen LogP contribution in [0.5, 0.6) is 0 Å². The van der Waals surface area contributed by atoms with E-state index in [-0.39, 0.29) is 23.8 Å². The van der Waals surface area contributed by atoms with Crippen LogP contribution in [0.2, 0.25) is 0 Å². The van der Waals surface area contributed by atoms with Crippen LogP contribution in [-0.4, -0.2) is 22.8 Å². The molecule has 1 unspecified atom stereocenters. The number of aliphatic carboxylic acids is 1. The van der Waals surface area contributed by atoms with E-state index in [4.69, 9.17) is 9.94 Å². The molecule has 3 aromatic rings. The Labute approximate surface area is 185 Å². The quantitative estimate of drug-likeness (QED) is 0.318. The van der Waals surface area contributed by atoms with Gasteiger partial charge in [-0.05, 0) is 41.0 Å². The molecule has 1 aliphatic carbocycles. The molecule has 6 heteroatoms. The number of Topliss-reactive ketones (excluding diaryl/α,β-unsaturated/α-hetero) is 1. The first-order valence-electron chi connectivity index (χ1n) is 10.5. The molecule has 2 N–H and O–H groups in total. The molecule has 1 aliphatic rings. The lowest BCUT2D eigenvalue weighted by atomic mass is 9.94. The molecule has 4 rings (SSSR count). The number of carbonyl (C=O) groups excluding carboxylic acids is 2. The van der Waals surface area contributed by atoms with Crippen molar-refractivity contribution in [3.05, 3.63) is 107 Å². The second kappa shape index (κ2) is 9.58. The Kier molecular flexibility index (Phi) is 6.42. The lowest BCUT2D eigenvalue weighted by Crippen LogP contribution is -2.27. The third kappa shape index (κ3) is 4.60. The molecular weight excluding hydrogens is 406 g/mol. The standard InChI is InChI=1S/C26H23NO5/c28-23(16-19-14-15-21-20(19)12-7-13-22(21)24(29)26(30)31)27-32-25(17-8-3-1-4-9-17)18-10-5-2-6-11-18/h1-13,19,25H,14-16H2,(H,27,28)(H,30,31). The maximum absolute atomic E-state index is 12.7. The number of ketones is 1. The van der Waals surface area contributed by atoms with Gasteiger partial charge in [0, 0.05) is 12.0 Å². The van der Waals surface area contributed by atoms with Crippen LogP contribution >= 0.6 is 0 Å². The fourth-order valence-corrected chi connectivity index (χ4v) is 4.25. The number of amides is 1. The lowest BCUT2D eigenvalue weighted by Gasteiger charge is -2.19. The van der Waals surface area contributed by atoms with Gasteiger partial charge in [-0.3, -0.25) is 14.4 Å². The highest BCUT2D eigenvalue weighted by molar-refractivity contribution is 6.40. The predicted molar refractivity (Wildman–Crippen MR) is 118 cm³/mol. The molecule has 0 aliphatic heterocycles. The van der Waals surface area contributed by atoms with E-state index in [1.165, 1.54) is 6.07 Å². The summed E-state index contributed by atoms with van der Waals surface area (Å²) in [5.41, 5.74) is 6.22. The number of hydrogen-bond acceptors (Lipinski definition) is 4. The van der Waals surface area contributed by atoms with E-state index >= 15 is 0 Å². The van der Waals surface area contributed by atoms with Gasteiger partial charge in [0.05, 0.1) is 0 Å². The third-order valence-corrected chi connectivity index (χ3v) is 5.76. The second-order valence-electron chi connectivity index (χ2n) is 7.79. The van der Waals surface area contributed by atoms with Gasteiger partial charge in [0.1, 0.15) is 6.10 Å². The number of fused-ring (bicyclic) bond motifs is 1. The first-order chi connectivity index (χ1) is 15.5. The number of benzene rings is 3. The van der Waals surface area contributed by atoms with E-state index in [0.29, 0.717) is 12.8 Å².